The van der Waals surface area contributed by atoms with Gasteiger partial charge in [0.2, 0.25) is 0 Å². The van der Waals surface area contributed by atoms with E-state index in [2.05, 4.69) is 49.2 Å². The third-order valence-electron chi connectivity index (χ3n) is 4.22. The maximum Gasteiger partial charge on any atom is 0.0414 e. The first-order chi connectivity index (χ1) is 9.26. The zero-order valence-electron chi connectivity index (χ0n) is 12.7. The average Bonchev–Trinajstić information content (AvgIpc) is 2.93. The summed E-state index contributed by atoms with van der Waals surface area (Å²) in [7, 11) is 0. The first-order valence-corrected chi connectivity index (χ1v) is 7.83. The van der Waals surface area contributed by atoms with Crippen LogP contribution in [0.1, 0.15) is 50.7 Å². The Morgan fingerprint density at radius 2 is 1.95 bits per heavy atom. The molecule has 0 spiro atoms. The molecule has 19 heavy (non-hydrogen) atoms. The molecular formula is C17H28N2. The number of benzene rings is 1. The molecule has 1 aliphatic carbocycles. The van der Waals surface area contributed by atoms with Crippen LogP contribution in [0.5, 0.6) is 0 Å². The highest BCUT2D eigenvalue weighted by Gasteiger charge is 2.23. The molecule has 106 valence electrons. The molecule has 0 saturated heterocycles. The van der Waals surface area contributed by atoms with E-state index in [9.17, 15) is 0 Å². The molecule has 1 aliphatic rings. The Morgan fingerprint density at radius 1 is 1.21 bits per heavy atom. The maximum atomic E-state index is 3.48. The number of hydrogen-bond donors (Lipinski definition) is 1. The minimum atomic E-state index is 0.757. The first kappa shape index (κ1) is 14.4. The van der Waals surface area contributed by atoms with E-state index in [-0.39, 0.29) is 0 Å². The predicted molar refractivity (Wildman–Crippen MR) is 83.8 cm³/mol. The third-order valence-corrected chi connectivity index (χ3v) is 4.22. The molecule has 0 unspecified atom stereocenters. The number of nitrogens with one attached hydrogen (secondary N) is 1. The molecule has 0 heterocycles. The lowest BCUT2D eigenvalue weighted by Crippen LogP contribution is -2.34. The first-order valence-electron chi connectivity index (χ1n) is 7.83. The number of hydrogen-bond acceptors (Lipinski definition) is 2. The summed E-state index contributed by atoms with van der Waals surface area (Å²) >= 11 is 0. The lowest BCUT2D eigenvalue weighted by molar-refractivity contribution is 0.614. The molecule has 2 nitrogen and oxygen atoms in total. The minimum absolute atomic E-state index is 0.757. The average molecular weight is 260 g/mol. The Kier molecular flexibility index (Phi) is 5.26. The molecule has 0 atom stereocenters. The molecule has 2 rings (SSSR count). The van der Waals surface area contributed by atoms with Crippen LogP contribution in [-0.2, 0) is 6.54 Å². The van der Waals surface area contributed by atoms with Gasteiger partial charge >= 0.3 is 0 Å². The summed E-state index contributed by atoms with van der Waals surface area (Å²) in [6.45, 7) is 9.77. The van der Waals surface area contributed by atoms with Gasteiger partial charge in [-0.2, -0.15) is 0 Å². The van der Waals surface area contributed by atoms with Gasteiger partial charge in [0.1, 0.15) is 0 Å². The summed E-state index contributed by atoms with van der Waals surface area (Å²) in [4.78, 5) is 2.62. The molecule has 1 aromatic carbocycles. The number of aryl methyl sites for hydroxylation is 1. The highest BCUT2D eigenvalue weighted by molar-refractivity contribution is 5.56. The molecular weight excluding hydrogens is 232 g/mol. The van der Waals surface area contributed by atoms with Crippen LogP contribution in [0.15, 0.2) is 18.2 Å². The van der Waals surface area contributed by atoms with Crippen molar-refractivity contribution in [3.63, 3.8) is 0 Å². The second-order valence-electron chi connectivity index (χ2n) is 5.64. The summed E-state index contributed by atoms with van der Waals surface area (Å²) in [5, 5.41) is 3.48. The summed E-state index contributed by atoms with van der Waals surface area (Å²) < 4.78 is 0. The van der Waals surface area contributed by atoms with E-state index in [1.165, 1.54) is 42.5 Å². The van der Waals surface area contributed by atoms with E-state index >= 15 is 0 Å². The molecule has 0 amide bonds. The number of anilines is 1. The van der Waals surface area contributed by atoms with E-state index in [0.29, 0.717) is 0 Å². The van der Waals surface area contributed by atoms with E-state index in [1.54, 1.807) is 0 Å². The largest absolute Gasteiger partial charge is 0.369 e. The Hall–Kier alpha value is -1.02. The molecule has 1 N–H and O–H groups in total. The molecule has 1 saturated carbocycles. The van der Waals surface area contributed by atoms with Crippen LogP contribution in [0.25, 0.3) is 0 Å². The highest BCUT2D eigenvalue weighted by atomic mass is 15.2. The Balaban J connectivity index is 2.24. The summed E-state index contributed by atoms with van der Waals surface area (Å²) in [6, 6.07) is 7.68. The van der Waals surface area contributed by atoms with Crippen LogP contribution < -0.4 is 10.2 Å². The fourth-order valence-electron chi connectivity index (χ4n) is 3.24. The normalized spacial score (nSPS) is 15.9. The van der Waals surface area contributed by atoms with Crippen molar-refractivity contribution in [1.29, 1.82) is 0 Å². The van der Waals surface area contributed by atoms with Gasteiger partial charge in [0.25, 0.3) is 0 Å². The summed E-state index contributed by atoms with van der Waals surface area (Å²) in [6.07, 6.45) is 5.52. The van der Waals surface area contributed by atoms with E-state index in [4.69, 9.17) is 0 Å². The molecule has 0 aliphatic heterocycles. The Morgan fingerprint density at radius 3 is 2.58 bits per heavy atom. The van der Waals surface area contributed by atoms with Gasteiger partial charge in [0, 0.05) is 24.8 Å². The SMILES string of the molecule is CCNCc1cc(C)ccc1N(CC)C1CCCC1. The van der Waals surface area contributed by atoms with Crippen molar-refractivity contribution in [3.05, 3.63) is 29.3 Å². The van der Waals surface area contributed by atoms with Crippen LogP contribution >= 0.6 is 0 Å². The number of rotatable bonds is 6. The van der Waals surface area contributed by atoms with Crippen molar-refractivity contribution in [3.8, 4) is 0 Å². The number of nitrogens with zero attached hydrogens (tertiary/aromatic N) is 1. The standard InChI is InChI=1S/C17H28N2/c1-4-18-13-15-12-14(3)10-11-17(15)19(5-2)16-8-6-7-9-16/h10-12,16,18H,4-9,13H2,1-3H3. The topological polar surface area (TPSA) is 15.3 Å². The molecule has 1 aromatic rings. The maximum absolute atomic E-state index is 3.48. The second kappa shape index (κ2) is 6.95. The second-order valence-corrected chi connectivity index (χ2v) is 5.64. The zero-order valence-corrected chi connectivity index (χ0v) is 12.7. The van der Waals surface area contributed by atoms with Gasteiger partial charge in [0.05, 0.1) is 0 Å². The van der Waals surface area contributed by atoms with Crippen molar-refractivity contribution in [2.24, 2.45) is 0 Å². The van der Waals surface area contributed by atoms with Crippen LogP contribution in [-0.4, -0.2) is 19.1 Å². The van der Waals surface area contributed by atoms with Gasteiger partial charge in [-0.05, 0) is 44.9 Å². The summed E-state index contributed by atoms with van der Waals surface area (Å²) in [5.41, 5.74) is 4.26. The van der Waals surface area contributed by atoms with Gasteiger partial charge in [-0.1, -0.05) is 37.5 Å². The quantitative estimate of drug-likeness (QED) is 0.835. The minimum Gasteiger partial charge on any atom is -0.369 e. The van der Waals surface area contributed by atoms with Gasteiger partial charge in [0.15, 0.2) is 0 Å². The lowest BCUT2D eigenvalue weighted by atomic mass is 10.1. The molecule has 0 bridgehead atoms. The van der Waals surface area contributed by atoms with Crippen molar-refractivity contribution in [1.82, 2.24) is 5.32 Å². The highest BCUT2D eigenvalue weighted by Crippen LogP contribution is 2.30. The van der Waals surface area contributed by atoms with Crippen LogP contribution in [0.4, 0.5) is 5.69 Å². The monoisotopic (exact) mass is 260 g/mol. The third kappa shape index (κ3) is 3.50. The van der Waals surface area contributed by atoms with Gasteiger partial charge in [-0.15, -0.1) is 0 Å². The van der Waals surface area contributed by atoms with E-state index in [1.807, 2.05) is 0 Å². The van der Waals surface area contributed by atoms with Crippen LogP contribution in [0.3, 0.4) is 0 Å². The predicted octanol–water partition coefficient (Wildman–Crippen LogP) is 3.87. The van der Waals surface area contributed by atoms with Crippen LogP contribution in [0, 0.1) is 6.92 Å². The fourth-order valence-corrected chi connectivity index (χ4v) is 3.24. The van der Waals surface area contributed by atoms with Crippen molar-refractivity contribution in [2.45, 2.75) is 59.0 Å². The molecule has 1 fully saturated rings. The van der Waals surface area contributed by atoms with Gasteiger partial charge in [-0.25, -0.2) is 0 Å². The van der Waals surface area contributed by atoms with Gasteiger partial charge in [-0.3, -0.25) is 0 Å². The summed E-state index contributed by atoms with van der Waals surface area (Å²) in [5.74, 6) is 0. The lowest BCUT2D eigenvalue weighted by Gasteiger charge is -2.32. The van der Waals surface area contributed by atoms with Crippen LogP contribution in [0.2, 0.25) is 0 Å². The Bertz CT molecular complexity index is 394. The van der Waals surface area contributed by atoms with Gasteiger partial charge < -0.3 is 10.2 Å². The molecule has 0 aromatic heterocycles. The van der Waals surface area contributed by atoms with E-state index in [0.717, 1.165) is 25.7 Å². The molecule has 0 radical (unpaired) electrons. The molecule has 2 heteroatoms. The fraction of sp³-hybridized carbons (Fsp3) is 0.647. The zero-order chi connectivity index (χ0) is 13.7. The Labute approximate surface area is 118 Å². The van der Waals surface area contributed by atoms with Crippen molar-refractivity contribution >= 4 is 5.69 Å². The van der Waals surface area contributed by atoms with Crippen molar-refractivity contribution < 1.29 is 0 Å². The van der Waals surface area contributed by atoms with E-state index < -0.39 is 0 Å². The van der Waals surface area contributed by atoms with Crippen molar-refractivity contribution in [2.75, 3.05) is 18.0 Å². The smallest absolute Gasteiger partial charge is 0.0414 e.